The summed E-state index contributed by atoms with van der Waals surface area (Å²) in [7, 11) is 0. The van der Waals surface area contributed by atoms with Gasteiger partial charge in [0.25, 0.3) is 0 Å². The Morgan fingerprint density at radius 1 is 1.43 bits per heavy atom. The predicted octanol–water partition coefficient (Wildman–Crippen LogP) is 3.32. The van der Waals surface area contributed by atoms with Gasteiger partial charge in [0.05, 0.1) is 0 Å². The summed E-state index contributed by atoms with van der Waals surface area (Å²) in [5, 5.41) is 0. The second-order valence-electron chi connectivity index (χ2n) is 3.77. The van der Waals surface area contributed by atoms with Crippen molar-refractivity contribution in [3.8, 4) is 0 Å². The van der Waals surface area contributed by atoms with Crippen molar-refractivity contribution in [1.82, 2.24) is 0 Å². The Morgan fingerprint density at radius 2 is 2.14 bits per heavy atom. The van der Waals surface area contributed by atoms with Gasteiger partial charge in [-0.15, -0.1) is 0 Å². The zero-order chi connectivity index (χ0) is 10.6. The van der Waals surface area contributed by atoms with Crippen LogP contribution in [0.4, 0.5) is 4.39 Å². The van der Waals surface area contributed by atoms with Gasteiger partial charge in [-0.25, -0.2) is 4.39 Å². The number of benzene rings is 1. The molecule has 0 aliphatic rings. The van der Waals surface area contributed by atoms with Gasteiger partial charge in [-0.05, 0) is 25.0 Å². The Kier molecular flexibility index (Phi) is 4.08. The van der Waals surface area contributed by atoms with E-state index in [1.54, 1.807) is 12.1 Å². The number of halogens is 1. The molecule has 0 unspecified atom stereocenters. The van der Waals surface area contributed by atoms with Crippen molar-refractivity contribution in [2.75, 3.05) is 0 Å². The molecule has 0 radical (unpaired) electrons. The van der Waals surface area contributed by atoms with Crippen LogP contribution in [0.2, 0.25) is 0 Å². The maximum Gasteiger partial charge on any atom is 0.128 e. The second-order valence-corrected chi connectivity index (χ2v) is 3.77. The van der Waals surface area contributed by atoms with Gasteiger partial charge in [-0.1, -0.05) is 31.9 Å². The van der Waals surface area contributed by atoms with E-state index in [1.807, 2.05) is 13.0 Å². The number of unbranched alkanes of at least 4 members (excludes halogenated alkanes) is 1. The van der Waals surface area contributed by atoms with Crippen molar-refractivity contribution in [3.05, 3.63) is 35.1 Å². The largest absolute Gasteiger partial charge is 0.324 e. The van der Waals surface area contributed by atoms with Crippen molar-refractivity contribution in [2.24, 2.45) is 5.73 Å². The Morgan fingerprint density at radius 3 is 2.71 bits per heavy atom. The molecular formula is C12H18FN. The van der Waals surface area contributed by atoms with Gasteiger partial charge in [-0.3, -0.25) is 0 Å². The molecule has 0 bridgehead atoms. The van der Waals surface area contributed by atoms with Crippen molar-refractivity contribution in [3.63, 3.8) is 0 Å². The Labute approximate surface area is 85.1 Å². The van der Waals surface area contributed by atoms with Crippen LogP contribution >= 0.6 is 0 Å². The fourth-order valence-electron chi connectivity index (χ4n) is 1.51. The van der Waals surface area contributed by atoms with Gasteiger partial charge in [0.2, 0.25) is 0 Å². The molecule has 1 nitrogen and oxygen atoms in total. The molecule has 0 aliphatic carbocycles. The first-order valence-corrected chi connectivity index (χ1v) is 5.16. The summed E-state index contributed by atoms with van der Waals surface area (Å²) in [5.74, 6) is -0.173. The van der Waals surface area contributed by atoms with Crippen molar-refractivity contribution in [1.29, 1.82) is 0 Å². The molecule has 0 saturated heterocycles. The molecule has 0 fully saturated rings. The predicted molar refractivity (Wildman–Crippen MR) is 57.6 cm³/mol. The average molecular weight is 195 g/mol. The van der Waals surface area contributed by atoms with E-state index in [9.17, 15) is 4.39 Å². The smallest absolute Gasteiger partial charge is 0.128 e. The van der Waals surface area contributed by atoms with E-state index in [-0.39, 0.29) is 11.9 Å². The molecule has 2 heteroatoms. The van der Waals surface area contributed by atoms with Crippen LogP contribution in [0, 0.1) is 12.7 Å². The molecule has 1 aromatic rings. The minimum absolute atomic E-state index is 0.157. The lowest BCUT2D eigenvalue weighted by Crippen LogP contribution is -2.12. The zero-order valence-corrected chi connectivity index (χ0v) is 8.89. The Bertz CT molecular complexity index is 296. The van der Waals surface area contributed by atoms with Crippen LogP contribution in [-0.2, 0) is 0 Å². The van der Waals surface area contributed by atoms with Crippen LogP contribution in [0.3, 0.4) is 0 Å². The first kappa shape index (κ1) is 11.2. The van der Waals surface area contributed by atoms with E-state index in [0.29, 0.717) is 5.56 Å². The third kappa shape index (κ3) is 2.81. The molecule has 0 aromatic heterocycles. The molecule has 0 amide bonds. The average Bonchev–Trinajstić information content (AvgIpc) is 2.14. The van der Waals surface area contributed by atoms with Gasteiger partial charge < -0.3 is 5.73 Å². The lowest BCUT2D eigenvalue weighted by atomic mass is 10.0. The Hall–Kier alpha value is -0.890. The summed E-state index contributed by atoms with van der Waals surface area (Å²) < 4.78 is 13.4. The maximum absolute atomic E-state index is 13.4. The molecule has 0 spiro atoms. The summed E-state index contributed by atoms with van der Waals surface area (Å²) in [5.41, 5.74) is 7.47. The molecule has 1 rings (SSSR count). The topological polar surface area (TPSA) is 26.0 Å². The molecule has 0 aliphatic heterocycles. The summed E-state index contributed by atoms with van der Waals surface area (Å²) in [6, 6.07) is 5.09. The molecule has 14 heavy (non-hydrogen) atoms. The van der Waals surface area contributed by atoms with Crippen LogP contribution in [0.25, 0.3) is 0 Å². The minimum Gasteiger partial charge on any atom is -0.324 e. The fourth-order valence-corrected chi connectivity index (χ4v) is 1.51. The molecule has 0 saturated carbocycles. The highest BCUT2D eigenvalue weighted by Crippen LogP contribution is 2.20. The van der Waals surface area contributed by atoms with E-state index in [1.165, 1.54) is 0 Å². The quantitative estimate of drug-likeness (QED) is 0.783. The third-order valence-electron chi connectivity index (χ3n) is 2.42. The Balaban J connectivity index is 2.74. The number of hydrogen-bond donors (Lipinski definition) is 1. The summed E-state index contributed by atoms with van der Waals surface area (Å²) in [4.78, 5) is 0. The normalized spacial score (nSPS) is 12.9. The zero-order valence-electron chi connectivity index (χ0n) is 8.89. The van der Waals surface area contributed by atoms with Crippen LogP contribution in [-0.4, -0.2) is 0 Å². The van der Waals surface area contributed by atoms with Gasteiger partial charge in [0.1, 0.15) is 5.82 Å². The molecular weight excluding hydrogens is 177 g/mol. The minimum atomic E-state index is -0.173. The van der Waals surface area contributed by atoms with Crippen molar-refractivity contribution in [2.45, 2.75) is 39.2 Å². The maximum atomic E-state index is 13.4. The van der Waals surface area contributed by atoms with Gasteiger partial charge in [-0.2, -0.15) is 0 Å². The number of aryl methyl sites for hydroxylation is 1. The third-order valence-corrected chi connectivity index (χ3v) is 2.42. The highest BCUT2D eigenvalue weighted by Gasteiger charge is 2.10. The van der Waals surface area contributed by atoms with E-state index >= 15 is 0 Å². The molecule has 2 N–H and O–H groups in total. The van der Waals surface area contributed by atoms with Gasteiger partial charge in [0.15, 0.2) is 0 Å². The summed E-state index contributed by atoms with van der Waals surface area (Å²) in [6.45, 7) is 3.99. The van der Waals surface area contributed by atoms with E-state index in [4.69, 9.17) is 5.73 Å². The molecule has 1 atom stereocenters. The number of hydrogen-bond acceptors (Lipinski definition) is 1. The first-order chi connectivity index (χ1) is 6.65. The number of nitrogens with two attached hydrogens (primary N) is 1. The SMILES string of the molecule is CCCC[C@H](N)c1ccc(C)cc1F. The highest BCUT2D eigenvalue weighted by molar-refractivity contribution is 5.25. The standard InChI is InChI=1S/C12H18FN/c1-3-4-5-12(14)10-7-6-9(2)8-11(10)13/h6-8,12H,3-5,14H2,1-2H3/t12-/m0/s1. The lowest BCUT2D eigenvalue weighted by molar-refractivity contribution is 0.547. The highest BCUT2D eigenvalue weighted by atomic mass is 19.1. The van der Waals surface area contributed by atoms with Crippen LogP contribution < -0.4 is 5.73 Å². The number of rotatable bonds is 4. The van der Waals surface area contributed by atoms with Crippen LogP contribution in [0.5, 0.6) is 0 Å². The van der Waals surface area contributed by atoms with E-state index in [0.717, 1.165) is 24.8 Å². The van der Waals surface area contributed by atoms with Gasteiger partial charge in [0, 0.05) is 11.6 Å². The summed E-state index contributed by atoms with van der Waals surface area (Å²) >= 11 is 0. The second kappa shape index (κ2) is 5.11. The first-order valence-electron chi connectivity index (χ1n) is 5.16. The van der Waals surface area contributed by atoms with Crippen molar-refractivity contribution >= 4 is 0 Å². The molecule has 0 heterocycles. The van der Waals surface area contributed by atoms with Crippen LogP contribution in [0.1, 0.15) is 43.4 Å². The lowest BCUT2D eigenvalue weighted by Gasteiger charge is -2.12. The van der Waals surface area contributed by atoms with E-state index in [2.05, 4.69) is 6.92 Å². The van der Waals surface area contributed by atoms with Gasteiger partial charge >= 0.3 is 0 Å². The van der Waals surface area contributed by atoms with Crippen molar-refractivity contribution < 1.29 is 4.39 Å². The fraction of sp³-hybridized carbons (Fsp3) is 0.500. The monoisotopic (exact) mass is 195 g/mol. The van der Waals surface area contributed by atoms with Crippen LogP contribution in [0.15, 0.2) is 18.2 Å². The van der Waals surface area contributed by atoms with E-state index < -0.39 is 0 Å². The molecule has 78 valence electrons. The summed E-state index contributed by atoms with van der Waals surface area (Å²) in [6.07, 6.45) is 3.01. The molecule has 1 aromatic carbocycles.